The van der Waals surface area contributed by atoms with E-state index < -0.39 is 10.8 Å². The standard InChI is InChI=1S/C7H12OS2/c1-6-3-4-10(8)5-7(6)9-2/h3-5H2,1-2H3. The number of rotatable bonds is 1. The van der Waals surface area contributed by atoms with Gasteiger partial charge in [0.1, 0.15) is 0 Å². The van der Waals surface area contributed by atoms with Gasteiger partial charge in [-0.3, -0.25) is 4.21 Å². The van der Waals surface area contributed by atoms with Crippen LogP contribution >= 0.6 is 11.8 Å². The molecule has 1 aliphatic heterocycles. The molecule has 1 unspecified atom stereocenters. The molecule has 0 amide bonds. The summed E-state index contributed by atoms with van der Waals surface area (Å²) in [6.45, 7) is 2.14. The lowest BCUT2D eigenvalue weighted by Gasteiger charge is -2.14. The highest BCUT2D eigenvalue weighted by molar-refractivity contribution is 8.03. The Morgan fingerprint density at radius 1 is 1.60 bits per heavy atom. The molecule has 0 aromatic rings. The summed E-state index contributed by atoms with van der Waals surface area (Å²) in [4.78, 5) is 1.34. The van der Waals surface area contributed by atoms with Crippen molar-refractivity contribution in [2.75, 3.05) is 17.8 Å². The molecule has 1 nitrogen and oxygen atoms in total. The monoisotopic (exact) mass is 176 g/mol. The Balaban J connectivity index is 2.72. The Labute approximate surface area is 68.7 Å². The van der Waals surface area contributed by atoms with Gasteiger partial charge in [0.2, 0.25) is 0 Å². The van der Waals surface area contributed by atoms with Gasteiger partial charge in [-0.15, -0.1) is 11.8 Å². The topological polar surface area (TPSA) is 17.1 Å². The van der Waals surface area contributed by atoms with Crippen molar-refractivity contribution in [2.24, 2.45) is 0 Å². The molecular formula is C7H12OS2. The lowest BCUT2D eigenvalue weighted by Crippen LogP contribution is -2.11. The summed E-state index contributed by atoms with van der Waals surface area (Å²) in [7, 11) is -0.570. The molecule has 0 radical (unpaired) electrons. The largest absolute Gasteiger partial charge is 0.259 e. The van der Waals surface area contributed by atoms with Crippen molar-refractivity contribution in [1.29, 1.82) is 0 Å². The van der Waals surface area contributed by atoms with Crippen LogP contribution in [-0.2, 0) is 10.8 Å². The van der Waals surface area contributed by atoms with E-state index in [-0.39, 0.29) is 0 Å². The summed E-state index contributed by atoms with van der Waals surface area (Å²) >= 11 is 1.74. The summed E-state index contributed by atoms with van der Waals surface area (Å²) in [6, 6.07) is 0. The van der Waals surface area contributed by atoms with E-state index in [9.17, 15) is 4.21 Å². The average Bonchev–Trinajstić information content (AvgIpc) is 1.94. The number of hydrogen-bond acceptors (Lipinski definition) is 2. The number of allylic oxidation sites excluding steroid dienone is 1. The molecule has 0 saturated carbocycles. The summed E-state index contributed by atoms with van der Waals surface area (Å²) in [5, 5.41) is 0. The molecular weight excluding hydrogens is 164 g/mol. The molecule has 0 aliphatic carbocycles. The third kappa shape index (κ3) is 1.86. The second kappa shape index (κ2) is 3.58. The van der Waals surface area contributed by atoms with Crippen LogP contribution in [0.2, 0.25) is 0 Å². The predicted molar refractivity (Wildman–Crippen MR) is 48.7 cm³/mol. The Bertz CT molecular complexity index is 184. The molecule has 1 heterocycles. The van der Waals surface area contributed by atoms with Crippen LogP contribution in [0.25, 0.3) is 0 Å². The summed E-state index contributed by atoms with van der Waals surface area (Å²) < 4.78 is 11.0. The molecule has 0 aromatic carbocycles. The van der Waals surface area contributed by atoms with Gasteiger partial charge in [0, 0.05) is 16.6 Å². The van der Waals surface area contributed by atoms with Crippen molar-refractivity contribution >= 4 is 22.6 Å². The van der Waals surface area contributed by atoms with Gasteiger partial charge in [0.25, 0.3) is 0 Å². The first kappa shape index (κ1) is 8.34. The van der Waals surface area contributed by atoms with Crippen LogP contribution in [0.15, 0.2) is 10.5 Å². The maximum absolute atomic E-state index is 11.0. The highest BCUT2D eigenvalue weighted by Gasteiger charge is 2.12. The fourth-order valence-corrected chi connectivity index (χ4v) is 3.51. The zero-order valence-corrected chi connectivity index (χ0v) is 7.98. The Morgan fingerprint density at radius 3 is 2.80 bits per heavy atom. The van der Waals surface area contributed by atoms with Crippen molar-refractivity contribution in [2.45, 2.75) is 13.3 Å². The molecule has 1 rings (SSSR count). The molecule has 1 aliphatic rings. The summed E-state index contributed by atoms with van der Waals surface area (Å²) in [5.74, 6) is 1.67. The molecule has 0 N–H and O–H groups in total. The van der Waals surface area contributed by atoms with Crippen LogP contribution in [0.3, 0.4) is 0 Å². The Morgan fingerprint density at radius 2 is 2.30 bits per heavy atom. The smallest absolute Gasteiger partial charge is 0.0544 e. The van der Waals surface area contributed by atoms with E-state index in [0.717, 1.165) is 17.9 Å². The lowest BCUT2D eigenvalue weighted by molar-refractivity contribution is 0.682. The van der Waals surface area contributed by atoms with E-state index in [1.54, 1.807) is 11.8 Å². The van der Waals surface area contributed by atoms with E-state index in [2.05, 4.69) is 13.2 Å². The maximum Gasteiger partial charge on any atom is 0.0544 e. The first-order valence-electron chi connectivity index (χ1n) is 3.31. The highest BCUT2D eigenvalue weighted by atomic mass is 32.2. The Kier molecular flexibility index (Phi) is 2.98. The normalized spacial score (nSPS) is 27.2. The van der Waals surface area contributed by atoms with Gasteiger partial charge >= 0.3 is 0 Å². The van der Waals surface area contributed by atoms with E-state index in [4.69, 9.17) is 0 Å². The van der Waals surface area contributed by atoms with Gasteiger partial charge in [-0.1, -0.05) is 5.57 Å². The zero-order valence-electron chi connectivity index (χ0n) is 6.35. The fraction of sp³-hybridized carbons (Fsp3) is 0.714. The maximum atomic E-state index is 11.0. The van der Waals surface area contributed by atoms with Crippen molar-refractivity contribution in [1.82, 2.24) is 0 Å². The van der Waals surface area contributed by atoms with Crippen LogP contribution < -0.4 is 0 Å². The second-order valence-electron chi connectivity index (χ2n) is 2.45. The van der Waals surface area contributed by atoms with Gasteiger partial charge in [-0.05, 0) is 24.5 Å². The molecule has 10 heavy (non-hydrogen) atoms. The first-order chi connectivity index (χ1) is 4.74. The first-order valence-corrected chi connectivity index (χ1v) is 6.03. The van der Waals surface area contributed by atoms with E-state index in [1.165, 1.54) is 10.5 Å². The van der Waals surface area contributed by atoms with Crippen LogP contribution in [0, 0.1) is 0 Å². The van der Waals surface area contributed by atoms with Crippen molar-refractivity contribution < 1.29 is 4.21 Å². The van der Waals surface area contributed by atoms with E-state index >= 15 is 0 Å². The summed E-state index contributed by atoms with van der Waals surface area (Å²) in [6.07, 6.45) is 3.09. The predicted octanol–water partition coefficient (Wildman–Crippen LogP) is 1.78. The van der Waals surface area contributed by atoms with Crippen LogP contribution in [0.1, 0.15) is 13.3 Å². The third-order valence-corrected chi connectivity index (χ3v) is 4.16. The van der Waals surface area contributed by atoms with Crippen LogP contribution in [0.4, 0.5) is 0 Å². The van der Waals surface area contributed by atoms with E-state index in [0.29, 0.717) is 0 Å². The van der Waals surface area contributed by atoms with Gasteiger partial charge in [0.15, 0.2) is 0 Å². The minimum atomic E-state index is -0.570. The molecule has 0 aromatic heterocycles. The average molecular weight is 176 g/mol. The fourth-order valence-electron chi connectivity index (χ4n) is 0.981. The van der Waals surface area contributed by atoms with Crippen LogP contribution in [-0.4, -0.2) is 22.0 Å². The molecule has 0 bridgehead atoms. The SMILES string of the molecule is CSC1=C(C)CCS(=O)C1. The molecule has 0 saturated heterocycles. The molecule has 58 valence electrons. The molecule has 0 spiro atoms. The quantitative estimate of drug-likeness (QED) is 0.606. The lowest BCUT2D eigenvalue weighted by atomic mass is 10.2. The van der Waals surface area contributed by atoms with E-state index in [1.807, 2.05) is 0 Å². The van der Waals surface area contributed by atoms with Gasteiger partial charge in [-0.25, -0.2) is 0 Å². The zero-order chi connectivity index (χ0) is 7.56. The van der Waals surface area contributed by atoms with Crippen molar-refractivity contribution in [3.63, 3.8) is 0 Å². The highest BCUT2D eigenvalue weighted by Crippen LogP contribution is 2.24. The Hall–Kier alpha value is 0.240. The third-order valence-electron chi connectivity index (χ3n) is 1.72. The van der Waals surface area contributed by atoms with Crippen molar-refractivity contribution in [3.05, 3.63) is 10.5 Å². The van der Waals surface area contributed by atoms with Crippen LogP contribution in [0.5, 0.6) is 0 Å². The molecule has 0 fully saturated rings. The molecule has 3 heteroatoms. The number of thioether (sulfide) groups is 1. The minimum absolute atomic E-state index is 0.570. The number of hydrogen-bond donors (Lipinski definition) is 0. The summed E-state index contributed by atoms with van der Waals surface area (Å²) in [5.41, 5.74) is 1.44. The van der Waals surface area contributed by atoms with Crippen molar-refractivity contribution in [3.8, 4) is 0 Å². The molecule has 1 atom stereocenters. The minimum Gasteiger partial charge on any atom is -0.259 e. The van der Waals surface area contributed by atoms with Gasteiger partial charge in [-0.2, -0.15) is 0 Å². The van der Waals surface area contributed by atoms with Gasteiger partial charge < -0.3 is 0 Å². The second-order valence-corrected chi connectivity index (χ2v) is 4.92. The van der Waals surface area contributed by atoms with Gasteiger partial charge in [0.05, 0.1) is 5.75 Å².